The molecule has 0 unspecified atom stereocenters. The van der Waals surface area contributed by atoms with Crippen LogP contribution in [-0.2, 0) is 13.0 Å². The van der Waals surface area contributed by atoms with Gasteiger partial charge in [0.2, 0.25) is 0 Å². The molecule has 1 aliphatic heterocycles. The Morgan fingerprint density at radius 2 is 2.27 bits per heavy atom. The number of carbonyl (C=O) groups excluding carboxylic acids is 1. The molecule has 0 saturated carbocycles. The van der Waals surface area contributed by atoms with Crippen LogP contribution >= 0.6 is 11.3 Å². The fourth-order valence-corrected chi connectivity index (χ4v) is 2.95. The number of ketones is 1. The molecule has 15 heavy (non-hydrogen) atoms. The molecule has 0 aliphatic carbocycles. The summed E-state index contributed by atoms with van der Waals surface area (Å²) < 4.78 is 0. The molecule has 3 nitrogen and oxygen atoms in total. The van der Waals surface area contributed by atoms with E-state index < -0.39 is 0 Å². The monoisotopic (exact) mass is 224 g/mol. The third-order valence-corrected chi connectivity index (χ3v) is 3.75. The molecule has 82 valence electrons. The molecule has 0 fully saturated rings. The largest absolute Gasteiger partial charge is 0.301 e. The molecule has 1 aromatic rings. The fourth-order valence-electron chi connectivity index (χ4n) is 1.68. The number of fused-ring (bicyclic) bond motifs is 1. The number of aromatic nitrogens is 1. The van der Waals surface area contributed by atoms with Crippen LogP contribution in [0.2, 0.25) is 0 Å². The van der Waals surface area contributed by atoms with Crippen molar-refractivity contribution in [2.45, 2.75) is 26.8 Å². The Bertz CT molecular complexity index is 384. The first-order chi connectivity index (χ1) is 7.08. The van der Waals surface area contributed by atoms with Crippen molar-refractivity contribution in [3.8, 4) is 0 Å². The van der Waals surface area contributed by atoms with Crippen molar-refractivity contribution in [2.24, 2.45) is 5.92 Å². The lowest BCUT2D eigenvalue weighted by atomic mass is 10.1. The first kappa shape index (κ1) is 10.8. The zero-order valence-electron chi connectivity index (χ0n) is 9.41. The number of hydrogen-bond acceptors (Lipinski definition) is 4. The third-order valence-electron chi connectivity index (χ3n) is 2.66. The second-order valence-corrected chi connectivity index (χ2v) is 5.48. The minimum Gasteiger partial charge on any atom is -0.301 e. The predicted molar refractivity (Wildman–Crippen MR) is 61.3 cm³/mol. The summed E-state index contributed by atoms with van der Waals surface area (Å²) in [5.74, 6) is 0.229. The molecular weight excluding hydrogens is 208 g/mol. The van der Waals surface area contributed by atoms with Crippen LogP contribution in [-0.4, -0.2) is 29.3 Å². The number of carbonyl (C=O) groups is 1. The number of hydrogen-bond donors (Lipinski definition) is 0. The van der Waals surface area contributed by atoms with Gasteiger partial charge >= 0.3 is 0 Å². The van der Waals surface area contributed by atoms with Crippen molar-refractivity contribution in [3.63, 3.8) is 0 Å². The maximum Gasteiger partial charge on any atom is 0.193 e. The summed E-state index contributed by atoms with van der Waals surface area (Å²) in [5.41, 5.74) is 1.14. The van der Waals surface area contributed by atoms with Crippen LogP contribution in [0.3, 0.4) is 0 Å². The standard InChI is InChI=1S/C11H16N2OS/c1-7(2)10(14)11-12-8-4-5-13(3)6-9(8)15-11/h7H,4-6H2,1-3H3. The Balaban J connectivity index is 2.26. The van der Waals surface area contributed by atoms with E-state index in [4.69, 9.17) is 0 Å². The molecule has 2 rings (SSSR count). The maximum absolute atomic E-state index is 11.8. The average Bonchev–Trinajstić information content (AvgIpc) is 2.58. The molecule has 0 amide bonds. The molecule has 0 atom stereocenters. The van der Waals surface area contributed by atoms with E-state index in [1.165, 1.54) is 4.88 Å². The minimum atomic E-state index is 0.0512. The quantitative estimate of drug-likeness (QED) is 0.720. The Labute approximate surface area is 94.1 Å². The molecule has 1 aromatic heterocycles. The molecule has 0 N–H and O–H groups in total. The smallest absolute Gasteiger partial charge is 0.193 e. The van der Waals surface area contributed by atoms with Crippen LogP contribution in [0.5, 0.6) is 0 Å². The lowest BCUT2D eigenvalue weighted by molar-refractivity contribution is 0.0939. The molecule has 2 heterocycles. The zero-order valence-corrected chi connectivity index (χ0v) is 10.2. The van der Waals surface area contributed by atoms with Crippen LogP contribution in [0.25, 0.3) is 0 Å². The number of rotatable bonds is 2. The van der Waals surface area contributed by atoms with Crippen molar-refractivity contribution in [1.29, 1.82) is 0 Å². The molecule has 0 radical (unpaired) electrons. The van der Waals surface area contributed by atoms with Crippen molar-refractivity contribution in [2.75, 3.05) is 13.6 Å². The highest BCUT2D eigenvalue weighted by molar-refractivity contribution is 7.13. The van der Waals surface area contributed by atoms with Crippen LogP contribution in [0, 0.1) is 5.92 Å². The van der Waals surface area contributed by atoms with Gasteiger partial charge in [-0.3, -0.25) is 4.79 Å². The lowest BCUT2D eigenvalue weighted by Crippen LogP contribution is -2.25. The van der Waals surface area contributed by atoms with E-state index in [-0.39, 0.29) is 11.7 Å². The van der Waals surface area contributed by atoms with Crippen molar-refractivity contribution in [3.05, 3.63) is 15.6 Å². The van der Waals surface area contributed by atoms with Crippen molar-refractivity contribution in [1.82, 2.24) is 9.88 Å². The van der Waals surface area contributed by atoms with Gasteiger partial charge in [0.05, 0.1) is 5.69 Å². The van der Waals surface area contributed by atoms with Crippen molar-refractivity contribution >= 4 is 17.1 Å². The Hall–Kier alpha value is -0.740. The number of nitrogens with zero attached hydrogens (tertiary/aromatic N) is 2. The predicted octanol–water partition coefficient (Wildman–Crippen LogP) is 1.97. The second kappa shape index (κ2) is 4.02. The summed E-state index contributed by atoms with van der Waals surface area (Å²) in [6.45, 7) is 5.84. The van der Waals surface area contributed by atoms with Gasteiger partial charge in [0.15, 0.2) is 10.8 Å². The average molecular weight is 224 g/mol. The summed E-state index contributed by atoms with van der Waals surface area (Å²) >= 11 is 1.57. The lowest BCUT2D eigenvalue weighted by Gasteiger charge is -2.20. The summed E-state index contributed by atoms with van der Waals surface area (Å²) in [7, 11) is 2.10. The first-order valence-electron chi connectivity index (χ1n) is 5.29. The van der Waals surface area contributed by atoms with Crippen LogP contribution in [0.4, 0.5) is 0 Å². The number of likely N-dealkylation sites (N-methyl/N-ethyl adjacent to an activating group) is 1. The van der Waals surface area contributed by atoms with Crippen LogP contribution in [0.1, 0.15) is 34.2 Å². The van der Waals surface area contributed by atoms with Gasteiger partial charge in [0, 0.05) is 30.3 Å². The van der Waals surface area contributed by atoms with E-state index in [0.29, 0.717) is 5.01 Å². The van der Waals surface area contributed by atoms with E-state index in [9.17, 15) is 4.79 Å². The van der Waals surface area contributed by atoms with E-state index in [1.807, 2.05) is 13.8 Å². The Morgan fingerprint density at radius 1 is 1.53 bits per heavy atom. The molecule has 0 aromatic carbocycles. The highest BCUT2D eigenvalue weighted by Gasteiger charge is 2.22. The Kier molecular flexibility index (Phi) is 2.89. The molecular formula is C11H16N2OS. The normalized spacial score (nSPS) is 16.8. The minimum absolute atomic E-state index is 0.0512. The van der Waals surface area contributed by atoms with E-state index in [0.717, 1.165) is 25.2 Å². The molecule has 4 heteroatoms. The van der Waals surface area contributed by atoms with Crippen LogP contribution in [0.15, 0.2) is 0 Å². The van der Waals surface area contributed by atoms with Gasteiger partial charge in [-0.25, -0.2) is 4.98 Å². The van der Waals surface area contributed by atoms with Gasteiger partial charge in [-0.15, -0.1) is 11.3 Å². The Morgan fingerprint density at radius 3 is 2.93 bits per heavy atom. The van der Waals surface area contributed by atoms with Crippen LogP contribution < -0.4 is 0 Å². The van der Waals surface area contributed by atoms with Gasteiger partial charge in [-0.05, 0) is 7.05 Å². The summed E-state index contributed by atoms with van der Waals surface area (Å²) in [5, 5.41) is 0.699. The summed E-state index contributed by atoms with van der Waals surface area (Å²) in [4.78, 5) is 19.8. The molecule has 1 aliphatic rings. The van der Waals surface area contributed by atoms with Gasteiger partial charge in [0.1, 0.15) is 0 Å². The maximum atomic E-state index is 11.8. The SMILES string of the molecule is CC(C)C(=O)c1nc2c(s1)CN(C)CC2. The molecule has 0 spiro atoms. The number of Topliss-reactive ketones (excluding diaryl/α,β-unsaturated/α-hetero) is 1. The van der Waals surface area contributed by atoms with Gasteiger partial charge in [-0.1, -0.05) is 13.8 Å². The highest BCUT2D eigenvalue weighted by Crippen LogP contribution is 2.25. The first-order valence-corrected chi connectivity index (χ1v) is 6.11. The van der Waals surface area contributed by atoms with E-state index >= 15 is 0 Å². The van der Waals surface area contributed by atoms with Crippen molar-refractivity contribution < 1.29 is 4.79 Å². The highest BCUT2D eigenvalue weighted by atomic mass is 32.1. The topological polar surface area (TPSA) is 33.2 Å². The summed E-state index contributed by atoms with van der Waals surface area (Å²) in [6, 6.07) is 0. The van der Waals surface area contributed by atoms with Gasteiger partial charge in [-0.2, -0.15) is 0 Å². The van der Waals surface area contributed by atoms with E-state index in [2.05, 4.69) is 16.9 Å². The van der Waals surface area contributed by atoms with Gasteiger partial charge in [0.25, 0.3) is 0 Å². The van der Waals surface area contributed by atoms with E-state index in [1.54, 1.807) is 11.3 Å². The summed E-state index contributed by atoms with van der Waals surface area (Å²) in [6.07, 6.45) is 0.980. The fraction of sp³-hybridized carbons (Fsp3) is 0.636. The molecule has 0 saturated heterocycles. The zero-order chi connectivity index (χ0) is 11.0. The number of thiazole rings is 1. The third kappa shape index (κ3) is 2.11. The molecule has 0 bridgehead atoms. The van der Waals surface area contributed by atoms with Gasteiger partial charge < -0.3 is 4.90 Å². The second-order valence-electron chi connectivity index (χ2n) is 4.40.